The van der Waals surface area contributed by atoms with Gasteiger partial charge in [-0.3, -0.25) is 4.79 Å². The summed E-state index contributed by atoms with van der Waals surface area (Å²) in [6.45, 7) is 4.66. The zero-order valence-electron chi connectivity index (χ0n) is 18.7. The highest BCUT2D eigenvalue weighted by Gasteiger charge is 2.37. The van der Waals surface area contributed by atoms with Crippen LogP contribution in [0.4, 0.5) is 4.39 Å². The first-order chi connectivity index (χ1) is 15.0. The minimum Gasteiger partial charge on any atom is -0.493 e. The van der Waals surface area contributed by atoms with Crippen molar-refractivity contribution < 1.29 is 18.7 Å². The molecular weight excluding hydrogens is 417 g/mol. The monoisotopic (exact) mass is 447 g/mol. The van der Waals surface area contributed by atoms with Crippen LogP contribution in [-0.2, 0) is 11.2 Å². The van der Waals surface area contributed by atoms with Gasteiger partial charge in [-0.25, -0.2) is 4.39 Å². The summed E-state index contributed by atoms with van der Waals surface area (Å²) in [5, 5.41) is 0.312. The van der Waals surface area contributed by atoms with Crippen LogP contribution in [0.25, 0.3) is 0 Å². The molecule has 2 aromatic carbocycles. The Morgan fingerprint density at radius 3 is 2.55 bits per heavy atom. The Morgan fingerprint density at radius 1 is 1.23 bits per heavy atom. The van der Waals surface area contributed by atoms with Gasteiger partial charge in [0.15, 0.2) is 11.5 Å². The van der Waals surface area contributed by atoms with E-state index >= 15 is 4.39 Å². The number of carbonyl (C=O) groups is 1. The van der Waals surface area contributed by atoms with Crippen molar-refractivity contribution in [3.63, 3.8) is 0 Å². The zero-order valence-corrected chi connectivity index (χ0v) is 19.5. The first-order valence-corrected chi connectivity index (χ1v) is 11.3. The minimum atomic E-state index is -0.611. The third-order valence-electron chi connectivity index (χ3n) is 6.18. The van der Waals surface area contributed by atoms with Gasteiger partial charge in [-0.15, -0.1) is 0 Å². The van der Waals surface area contributed by atoms with Gasteiger partial charge in [-0.2, -0.15) is 0 Å². The van der Waals surface area contributed by atoms with Crippen molar-refractivity contribution in [1.82, 2.24) is 4.90 Å². The van der Waals surface area contributed by atoms with Crippen LogP contribution in [-0.4, -0.2) is 31.6 Å². The predicted molar refractivity (Wildman–Crippen MR) is 122 cm³/mol. The number of nitrogens with zero attached hydrogens (tertiary/aromatic N) is 1. The number of rotatable bonds is 8. The van der Waals surface area contributed by atoms with E-state index in [1.54, 1.807) is 26.4 Å². The molecular formula is C25H31ClFNO3. The van der Waals surface area contributed by atoms with E-state index in [2.05, 4.69) is 6.92 Å². The molecule has 31 heavy (non-hydrogen) atoms. The summed E-state index contributed by atoms with van der Waals surface area (Å²) in [5.74, 6) is 0.717. The van der Waals surface area contributed by atoms with Gasteiger partial charge in [-0.1, -0.05) is 44.4 Å². The first kappa shape index (κ1) is 23.4. The van der Waals surface area contributed by atoms with E-state index in [9.17, 15) is 4.79 Å². The third kappa shape index (κ3) is 4.67. The highest BCUT2D eigenvalue weighted by Crippen LogP contribution is 2.44. The Bertz CT molecular complexity index is 913. The van der Waals surface area contributed by atoms with Gasteiger partial charge in [0, 0.05) is 23.0 Å². The molecule has 168 valence electrons. The summed E-state index contributed by atoms with van der Waals surface area (Å²) in [4.78, 5) is 15.4. The van der Waals surface area contributed by atoms with E-state index in [1.807, 2.05) is 24.0 Å². The number of benzene rings is 2. The molecule has 0 aromatic heterocycles. The van der Waals surface area contributed by atoms with Crippen molar-refractivity contribution in [2.75, 3.05) is 20.8 Å². The van der Waals surface area contributed by atoms with Gasteiger partial charge in [-0.05, 0) is 54.7 Å². The fraction of sp³-hybridized carbons (Fsp3) is 0.480. The summed E-state index contributed by atoms with van der Waals surface area (Å²) in [5.41, 5.74) is 2.17. The molecule has 0 spiro atoms. The van der Waals surface area contributed by atoms with Crippen LogP contribution >= 0.6 is 11.6 Å². The fourth-order valence-electron chi connectivity index (χ4n) is 4.45. The maximum Gasteiger partial charge on any atom is 0.226 e. The Balaban J connectivity index is 2.16. The van der Waals surface area contributed by atoms with Crippen LogP contribution in [0.1, 0.15) is 62.3 Å². The number of amides is 1. The number of methoxy groups -OCH3 is 2. The summed E-state index contributed by atoms with van der Waals surface area (Å²) < 4.78 is 26.1. The Morgan fingerprint density at radius 2 is 1.94 bits per heavy atom. The quantitative estimate of drug-likeness (QED) is 0.484. The smallest absolute Gasteiger partial charge is 0.226 e. The number of halogens is 2. The number of unbranched alkanes of at least 4 members (excludes halogenated alkanes) is 1. The number of ether oxygens (including phenoxy) is 2. The Hall–Kier alpha value is -2.27. The van der Waals surface area contributed by atoms with E-state index in [0.29, 0.717) is 35.1 Å². The second kappa shape index (κ2) is 10.4. The van der Waals surface area contributed by atoms with Crippen LogP contribution < -0.4 is 9.47 Å². The number of hydrogen-bond acceptors (Lipinski definition) is 3. The summed E-state index contributed by atoms with van der Waals surface area (Å²) in [6, 6.07) is 7.82. The molecule has 0 bridgehead atoms. The minimum absolute atomic E-state index is 0.0562. The van der Waals surface area contributed by atoms with Gasteiger partial charge in [0.1, 0.15) is 5.82 Å². The lowest BCUT2D eigenvalue weighted by Gasteiger charge is -2.40. The van der Waals surface area contributed by atoms with Crippen molar-refractivity contribution in [1.29, 1.82) is 0 Å². The molecule has 2 atom stereocenters. The molecule has 1 aliphatic rings. The van der Waals surface area contributed by atoms with Crippen LogP contribution in [0, 0.1) is 11.7 Å². The fourth-order valence-corrected chi connectivity index (χ4v) is 4.72. The SMILES string of the molecule is CCCC[C@@H](CC)C(=O)N1CCc2cc(OC)c(OC)cc2[C@H]1c1c(F)cccc1Cl. The lowest BCUT2D eigenvalue weighted by atomic mass is 9.85. The first-order valence-electron chi connectivity index (χ1n) is 11.0. The van der Waals surface area contributed by atoms with Gasteiger partial charge >= 0.3 is 0 Å². The molecule has 0 saturated carbocycles. The van der Waals surface area contributed by atoms with E-state index in [1.165, 1.54) is 6.07 Å². The van der Waals surface area contributed by atoms with Gasteiger partial charge < -0.3 is 14.4 Å². The largest absolute Gasteiger partial charge is 0.493 e. The number of hydrogen-bond donors (Lipinski definition) is 0. The summed E-state index contributed by atoms with van der Waals surface area (Å²) in [6.07, 6.45) is 4.27. The lowest BCUT2D eigenvalue weighted by Crippen LogP contribution is -2.44. The second-order valence-electron chi connectivity index (χ2n) is 7.97. The van der Waals surface area contributed by atoms with Gasteiger partial charge in [0.25, 0.3) is 0 Å². The lowest BCUT2D eigenvalue weighted by molar-refractivity contribution is -0.138. The highest BCUT2D eigenvalue weighted by molar-refractivity contribution is 6.31. The van der Waals surface area contributed by atoms with E-state index in [4.69, 9.17) is 21.1 Å². The molecule has 0 fully saturated rings. The molecule has 0 saturated heterocycles. The highest BCUT2D eigenvalue weighted by atomic mass is 35.5. The molecule has 0 radical (unpaired) electrons. The van der Waals surface area contributed by atoms with E-state index in [-0.39, 0.29) is 11.8 Å². The zero-order chi connectivity index (χ0) is 22.5. The van der Waals surface area contributed by atoms with Crippen molar-refractivity contribution in [3.05, 3.63) is 57.9 Å². The molecule has 0 N–H and O–H groups in total. The van der Waals surface area contributed by atoms with Crippen molar-refractivity contribution >= 4 is 17.5 Å². The third-order valence-corrected chi connectivity index (χ3v) is 6.51. The molecule has 6 heteroatoms. The second-order valence-corrected chi connectivity index (χ2v) is 8.38. The van der Waals surface area contributed by atoms with Crippen LogP contribution in [0.2, 0.25) is 5.02 Å². The molecule has 1 amide bonds. The maximum absolute atomic E-state index is 15.1. The Kier molecular flexibility index (Phi) is 7.82. The molecule has 2 aromatic rings. The van der Waals surface area contributed by atoms with E-state index < -0.39 is 11.9 Å². The van der Waals surface area contributed by atoms with Crippen LogP contribution in [0.3, 0.4) is 0 Å². The van der Waals surface area contributed by atoms with Gasteiger partial charge in [0.05, 0.1) is 20.3 Å². The standard InChI is InChI=1S/C25H31ClFNO3/c1-5-7-9-16(6-2)25(29)28-13-12-17-14-21(30-3)22(31-4)15-18(17)24(28)23-19(26)10-8-11-20(23)27/h8,10-11,14-16,24H,5-7,9,12-13H2,1-4H3/t16-,24+/m1/s1. The molecule has 4 nitrogen and oxygen atoms in total. The Labute approximate surface area is 189 Å². The van der Waals surface area contributed by atoms with Crippen LogP contribution in [0.15, 0.2) is 30.3 Å². The molecule has 1 heterocycles. The van der Waals surface area contributed by atoms with Crippen molar-refractivity contribution in [3.8, 4) is 11.5 Å². The van der Waals surface area contributed by atoms with Crippen LogP contribution in [0.5, 0.6) is 11.5 Å². The van der Waals surface area contributed by atoms with Gasteiger partial charge in [0.2, 0.25) is 5.91 Å². The normalized spacial score (nSPS) is 16.6. The summed E-state index contributed by atoms with van der Waals surface area (Å²) >= 11 is 6.49. The maximum atomic E-state index is 15.1. The number of fused-ring (bicyclic) bond motifs is 1. The van der Waals surface area contributed by atoms with Crippen molar-refractivity contribution in [2.24, 2.45) is 5.92 Å². The molecule has 0 aliphatic carbocycles. The predicted octanol–water partition coefficient (Wildman–Crippen LogP) is 6.19. The topological polar surface area (TPSA) is 38.8 Å². The van der Waals surface area contributed by atoms with E-state index in [0.717, 1.165) is 36.8 Å². The average Bonchev–Trinajstić information content (AvgIpc) is 2.78. The number of carbonyl (C=O) groups excluding carboxylic acids is 1. The average molecular weight is 448 g/mol. The molecule has 1 aliphatic heterocycles. The molecule has 0 unspecified atom stereocenters. The van der Waals surface area contributed by atoms with Crippen molar-refractivity contribution in [2.45, 2.75) is 52.0 Å². The molecule has 3 rings (SSSR count). The summed E-state index contributed by atoms with van der Waals surface area (Å²) in [7, 11) is 3.16.